The smallest absolute Gasteiger partial charge is 0.326 e. The van der Waals surface area contributed by atoms with Crippen LogP contribution in [0.1, 0.15) is 176 Å². The van der Waals surface area contributed by atoms with Gasteiger partial charge in [-0.3, -0.25) is 91.1 Å². The van der Waals surface area contributed by atoms with E-state index >= 15 is 0 Å². The molecule has 49 nitrogen and oxygen atoms in total. The number of nitrogens with one attached hydrogen (secondary N) is 17. The quantitative estimate of drug-likeness (QED) is 0.0274. The molecule has 16 atom stereocenters. The van der Waals surface area contributed by atoms with Crippen LogP contribution < -0.4 is 108 Å². The third kappa shape index (κ3) is 41.4. The van der Waals surface area contributed by atoms with Crippen molar-refractivity contribution in [3.8, 4) is 0 Å². The fraction of sp³-hybridized carbons (Fsp3) is 0.662. The summed E-state index contributed by atoms with van der Waals surface area (Å²) in [6.07, 6.45) is 0.164. The van der Waals surface area contributed by atoms with Gasteiger partial charge in [0.25, 0.3) is 0 Å². The van der Waals surface area contributed by atoms with Crippen LogP contribution in [-0.4, -0.2) is 287 Å². The highest BCUT2D eigenvalue weighted by atomic mass is 16.4. The molecule has 32 N–H and O–H groups in total. The molecule has 706 valence electrons. The number of nitrogens with zero attached hydrogens (tertiary/aromatic N) is 2. The summed E-state index contributed by atoms with van der Waals surface area (Å²) in [5, 5.41) is 86.1. The summed E-state index contributed by atoms with van der Waals surface area (Å²) in [6, 6.07) is -24.2. The molecule has 126 heavy (non-hydrogen) atoms. The Morgan fingerprint density at radius 3 is 1.10 bits per heavy atom. The molecule has 49 heteroatoms. The highest BCUT2D eigenvalue weighted by Crippen LogP contribution is 2.16. The first kappa shape index (κ1) is 110. The zero-order valence-electron chi connectivity index (χ0n) is 72.2. The van der Waals surface area contributed by atoms with E-state index < -0.39 is 304 Å². The molecule has 0 saturated heterocycles. The maximum Gasteiger partial charge on any atom is 0.326 e. The molecule has 2 rings (SSSR count). The van der Waals surface area contributed by atoms with E-state index in [9.17, 15) is 121 Å². The second-order valence-corrected chi connectivity index (χ2v) is 31.5. The Hall–Kier alpha value is -12.4. The van der Waals surface area contributed by atoms with E-state index in [1.807, 2.05) is 0 Å². The van der Waals surface area contributed by atoms with Crippen LogP contribution in [0, 0.1) is 23.7 Å². The molecule has 0 radical (unpaired) electrons. The minimum absolute atomic E-state index is 0.0958. The van der Waals surface area contributed by atoms with Crippen LogP contribution in [-0.2, 0) is 109 Å². The number of nitrogens with two attached hydrogens (primary N) is 5. The molecule has 0 aromatic carbocycles. The molecular weight excluding hydrogens is 1660 g/mol. The number of carboxylic acid groups (broad SMARTS) is 3. The predicted octanol–water partition coefficient (Wildman–Crippen LogP) is -8.84. The Balaban J connectivity index is 2.52. The average molecular weight is 1790 g/mol. The number of hydrogen-bond donors (Lipinski definition) is 27. The lowest BCUT2D eigenvalue weighted by Gasteiger charge is -2.29. The first-order valence-corrected chi connectivity index (χ1v) is 41.4. The van der Waals surface area contributed by atoms with Crippen LogP contribution in [0.15, 0.2) is 25.0 Å². The molecule has 2 aromatic rings. The number of imidazole rings is 2. The number of primary amides is 2. The van der Waals surface area contributed by atoms with Crippen LogP contribution in [0.4, 0.5) is 0 Å². The molecule has 0 saturated carbocycles. The SMILES string of the molecule is CC[C@H](C)[C@H](NC(=O)[C@H](CO)NC(=O)[C@H](CCCCN)NC(=O)CNC(=O)[C@H](CCCCN)NC(=O)[C@H](CC(=O)O)NC(=O)[C@H](Cc1cnc[nH]1)NC(=O)[C@H](CC(C)C)NC(=O)[C@H](CC(C)C)NC(=O)[C@H](CCC(N)=O)NC(=O)[C@H](Cc1cnc[nH]1)NC(=O)[C@H](CCC(=O)O)NC(=O)[C@H](CO)NC(=O)[C@@H](NC(=O)[C@H](C)N)C(C)C)C(=O)N[C@@H](CCC(N)=O)C(=O)O. The van der Waals surface area contributed by atoms with E-state index in [0.29, 0.717) is 6.42 Å². The number of H-pyrrole nitrogens is 2. The van der Waals surface area contributed by atoms with Gasteiger partial charge in [-0.25, -0.2) is 14.8 Å². The fourth-order valence-electron chi connectivity index (χ4n) is 12.3. The van der Waals surface area contributed by atoms with Gasteiger partial charge < -0.3 is 144 Å². The molecule has 0 aliphatic heterocycles. The maximum absolute atomic E-state index is 14.7. The normalized spacial score (nSPS) is 15.0. The Labute approximate surface area is 726 Å². The number of aromatic amines is 2. The molecule has 0 unspecified atom stereocenters. The first-order chi connectivity index (χ1) is 59.3. The lowest BCUT2D eigenvalue weighted by atomic mass is 9.97. The predicted molar refractivity (Wildman–Crippen MR) is 445 cm³/mol. The number of aliphatic hydroxyl groups excluding tert-OH is 2. The van der Waals surface area contributed by atoms with Crippen molar-refractivity contribution in [2.45, 2.75) is 269 Å². The van der Waals surface area contributed by atoms with Crippen molar-refractivity contribution in [1.82, 2.24) is 99.7 Å². The minimum Gasteiger partial charge on any atom is -0.481 e. The molecule has 17 amide bonds. The fourth-order valence-corrected chi connectivity index (χ4v) is 12.3. The molecule has 0 bridgehead atoms. The number of unbranched alkanes of at least 4 members (excludes halogenated alkanes) is 2. The van der Waals surface area contributed by atoms with Crippen molar-refractivity contribution in [3.05, 3.63) is 36.4 Å². The second-order valence-electron chi connectivity index (χ2n) is 31.5. The lowest BCUT2D eigenvalue weighted by Crippen LogP contribution is -2.61. The first-order valence-electron chi connectivity index (χ1n) is 41.4. The van der Waals surface area contributed by atoms with Gasteiger partial charge in [-0.05, 0) is 114 Å². The number of carboxylic acids is 3. The molecule has 0 spiro atoms. The Morgan fingerprint density at radius 1 is 0.381 bits per heavy atom. The van der Waals surface area contributed by atoms with E-state index in [1.54, 1.807) is 55.4 Å². The summed E-state index contributed by atoms with van der Waals surface area (Å²) in [5.41, 5.74) is 28.2. The third-order valence-electron chi connectivity index (χ3n) is 19.5. The molecule has 2 aromatic heterocycles. The Bertz CT molecular complexity index is 3960. The summed E-state index contributed by atoms with van der Waals surface area (Å²) in [6.45, 7) is 11.6. The lowest BCUT2D eigenvalue weighted by molar-refractivity contribution is -0.143. The van der Waals surface area contributed by atoms with Gasteiger partial charge in [-0.1, -0.05) is 61.8 Å². The monoisotopic (exact) mass is 1790 g/mol. The summed E-state index contributed by atoms with van der Waals surface area (Å²) in [4.78, 5) is 284. The number of carbonyl (C=O) groups is 20. The number of amides is 17. The van der Waals surface area contributed by atoms with E-state index in [4.69, 9.17) is 28.7 Å². The van der Waals surface area contributed by atoms with Crippen molar-refractivity contribution in [2.24, 2.45) is 52.3 Å². The molecular formula is C77H128N24O25. The number of rotatable bonds is 63. The van der Waals surface area contributed by atoms with Gasteiger partial charge in [-0.15, -0.1) is 0 Å². The van der Waals surface area contributed by atoms with Gasteiger partial charge in [0.1, 0.15) is 84.6 Å². The number of aromatic nitrogens is 4. The van der Waals surface area contributed by atoms with E-state index in [2.05, 4.69) is 99.7 Å². The highest BCUT2D eigenvalue weighted by molar-refractivity contribution is 6.01. The van der Waals surface area contributed by atoms with Crippen LogP contribution in [0.2, 0.25) is 0 Å². The standard InChI is InChI=1S/C77H128N24O25/c1-10-40(8)62(76(124)92-48(77(125)126)18-21-57(82)105)101-74(122)55(34-103)98-65(113)45(16-12-14-24-79)88-58(106)32-85-64(112)44(15-11-13-23-78)89-72(120)53(29-60(109)110)97-71(119)52(28-43-31-84-36-87-43)96-69(117)50(26-38(4)5)94-68(116)49(25-37(2)3)93-66(114)46(17-20-56(81)104)90-70(118)51(27-42-30-83-35-86-42)95-67(115)47(19-22-59(107)108)91-73(121)54(33-102)99-75(123)61(39(6)7)100-63(111)41(9)80/h30-31,35-41,44-55,61-62,102-103H,10-29,32-34,78-80H2,1-9H3,(H2,81,104)(H2,82,105)(H,83,86)(H,84,87)(H,85,112)(H,88,106)(H,89,120)(H,90,118)(H,91,121)(H,92,124)(H,93,114)(H,94,116)(H,95,115)(H,96,117)(H,97,119)(H,98,113)(H,99,123)(H,100,111)(H,101,122)(H,107,108)(H,109,110)(H,125,126)/t40-,41-,44-,45-,46-,47-,48-,49-,50-,51-,52-,53-,54-,55-,61-,62-/m0/s1. The van der Waals surface area contributed by atoms with Gasteiger partial charge in [0.05, 0.1) is 44.9 Å². The van der Waals surface area contributed by atoms with E-state index in [0.717, 1.165) is 0 Å². The number of aliphatic hydroxyl groups is 2. The van der Waals surface area contributed by atoms with Gasteiger partial charge in [0.15, 0.2) is 0 Å². The summed E-state index contributed by atoms with van der Waals surface area (Å²) >= 11 is 0. The number of hydrogen-bond acceptors (Lipinski definition) is 27. The highest BCUT2D eigenvalue weighted by Gasteiger charge is 2.40. The van der Waals surface area contributed by atoms with Crippen LogP contribution in [0.3, 0.4) is 0 Å². The summed E-state index contributed by atoms with van der Waals surface area (Å²) in [7, 11) is 0. The topological polar surface area (TPSA) is 810 Å². The van der Waals surface area contributed by atoms with Gasteiger partial charge >= 0.3 is 17.9 Å². The van der Waals surface area contributed by atoms with Gasteiger partial charge in [0.2, 0.25) is 100 Å². The van der Waals surface area contributed by atoms with E-state index in [-0.39, 0.29) is 82.3 Å². The van der Waals surface area contributed by atoms with Gasteiger partial charge in [-0.2, -0.15) is 0 Å². The molecule has 2 heterocycles. The summed E-state index contributed by atoms with van der Waals surface area (Å²) < 4.78 is 0. The van der Waals surface area contributed by atoms with Crippen molar-refractivity contribution in [3.63, 3.8) is 0 Å². The van der Waals surface area contributed by atoms with Crippen LogP contribution in [0.5, 0.6) is 0 Å². The zero-order valence-corrected chi connectivity index (χ0v) is 72.2. The zero-order chi connectivity index (χ0) is 95.2. The van der Waals surface area contributed by atoms with Crippen molar-refractivity contribution < 1.29 is 121 Å². The molecule has 0 aliphatic carbocycles. The minimum atomic E-state index is -2.03. The van der Waals surface area contributed by atoms with Crippen molar-refractivity contribution >= 4 is 118 Å². The average Bonchev–Trinajstić information content (AvgIpc) is 1.94. The summed E-state index contributed by atoms with van der Waals surface area (Å²) in [5.74, 6) is -24.5. The van der Waals surface area contributed by atoms with Crippen LogP contribution >= 0.6 is 0 Å². The van der Waals surface area contributed by atoms with E-state index in [1.165, 1.54) is 32.0 Å². The Morgan fingerprint density at radius 2 is 0.722 bits per heavy atom. The van der Waals surface area contributed by atoms with Crippen molar-refractivity contribution in [2.75, 3.05) is 32.8 Å². The molecule has 0 fully saturated rings. The maximum atomic E-state index is 14.7. The number of aliphatic carboxylic acids is 3. The second kappa shape index (κ2) is 57.2. The van der Waals surface area contributed by atoms with Crippen LogP contribution in [0.25, 0.3) is 0 Å². The van der Waals surface area contributed by atoms with Crippen molar-refractivity contribution in [1.29, 1.82) is 0 Å². The largest absolute Gasteiger partial charge is 0.481 e. The number of carbonyl (C=O) groups excluding carboxylic acids is 17. The molecule has 0 aliphatic rings. The van der Waals surface area contributed by atoms with Gasteiger partial charge in [0, 0.05) is 55.9 Å². The third-order valence-corrected chi connectivity index (χ3v) is 19.5. The Kier molecular flexibility index (Phi) is 49.8.